The maximum absolute atomic E-state index is 13.7. The molecule has 1 atom stereocenters. The molecule has 176 valence electrons. The highest BCUT2D eigenvalue weighted by atomic mass is 32.2. The number of pyridine rings is 1. The fraction of sp³-hybridized carbons (Fsp3) is 0.320. The molecule has 2 aromatic heterocycles. The van der Waals surface area contributed by atoms with Gasteiger partial charge in [-0.15, -0.1) is 22.0 Å². The van der Waals surface area contributed by atoms with Gasteiger partial charge in [-0.1, -0.05) is 18.2 Å². The molecule has 2 aromatic carbocycles. The number of aromatic nitrogens is 3. The zero-order valence-corrected chi connectivity index (χ0v) is 20.2. The van der Waals surface area contributed by atoms with E-state index in [-0.39, 0.29) is 11.7 Å². The topological polar surface area (TPSA) is 82.6 Å². The number of fused-ring (bicyclic) bond motifs is 2. The van der Waals surface area contributed by atoms with Crippen LogP contribution in [0.2, 0.25) is 0 Å². The monoisotopic (exact) mass is 478 g/mol. The lowest BCUT2D eigenvalue weighted by Gasteiger charge is -2.27. The van der Waals surface area contributed by atoms with Crippen LogP contribution in [0.3, 0.4) is 0 Å². The Labute approximate surface area is 201 Å². The number of ether oxygens (including phenoxy) is 2. The molecule has 1 aliphatic rings. The maximum Gasteiger partial charge on any atom is 0.255 e. The molecule has 0 fully saturated rings. The Hall–Kier alpha value is -3.30. The third-order valence-corrected chi connectivity index (χ3v) is 6.47. The van der Waals surface area contributed by atoms with E-state index in [1.807, 2.05) is 53.1 Å². The minimum Gasteiger partial charge on any atom is -0.486 e. The SMILES string of the molecule is CSc1ccc2cc(CN(C)Cc3nnc(C)o3)c(=O)n(C[C@H]3COc4ccccc4O3)c2c1. The van der Waals surface area contributed by atoms with Crippen molar-refractivity contribution in [1.82, 2.24) is 19.7 Å². The van der Waals surface area contributed by atoms with E-state index in [2.05, 4.69) is 28.4 Å². The highest BCUT2D eigenvalue weighted by Gasteiger charge is 2.23. The molecule has 0 spiro atoms. The van der Waals surface area contributed by atoms with Crippen LogP contribution in [0.25, 0.3) is 10.9 Å². The average molecular weight is 479 g/mol. The summed E-state index contributed by atoms with van der Waals surface area (Å²) in [4.78, 5) is 16.8. The summed E-state index contributed by atoms with van der Waals surface area (Å²) in [6.45, 7) is 3.44. The Bertz CT molecular complexity index is 1380. The van der Waals surface area contributed by atoms with Gasteiger partial charge in [0.2, 0.25) is 11.8 Å². The molecular formula is C25H26N4O4S. The van der Waals surface area contributed by atoms with Crippen molar-refractivity contribution in [2.75, 3.05) is 19.9 Å². The third kappa shape index (κ3) is 4.67. The van der Waals surface area contributed by atoms with Gasteiger partial charge in [-0.05, 0) is 49.0 Å². The van der Waals surface area contributed by atoms with Crippen LogP contribution >= 0.6 is 11.8 Å². The molecular weight excluding hydrogens is 452 g/mol. The van der Waals surface area contributed by atoms with Crippen LogP contribution in [0.15, 0.2) is 62.6 Å². The molecule has 0 amide bonds. The van der Waals surface area contributed by atoms with Crippen LogP contribution in [0, 0.1) is 6.92 Å². The minimum atomic E-state index is -0.275. The lowest BCUT2D eigenvalue weighted by molar-refractivity contribution is 0.0786. The second kappa shape index (κ2) is 9.52. The molecule has 0 radical (unpaired) electrons. The number of para-hydroxylation sites is 2. The van der Waals surface area contributed by atoms with Crippen molar-refractivity contribution in [3.8, 4) is 11.5 Å². The summed E-state index contributed by atoms with van der Waals surface area (Å²) in [6.07, 6.45) is 1.75. The summed E-state index contributed by atoms with van der Waals surface area (Å²) >= 11 is 1.65. The van der Waals surface area contributed by atoms with E-state index in [0.717, 1.165) is 21.5 Å². The summed E-state index contributed by atoms with van der Waals surface area (Å²) in [5.74, 6) is 2.48. The maximum atomic E-state index is 13.7. The fourth-order valence-corrected chi connectivity index (χ4v) is 4.60. The summed E-state index contributed by atoms with van der Waals surface area (Å²) < 4.78 is 19.4. The highest BCUT2D eigenvalue weighted by Crippen LogP contribution is 2.31. The first-order chi connectivity index (χ1) is 16.5. The van der Waals surface area contributed by atoms with Gasteiger partial charge in [-0.2, -0.15) is 0 Å². The smallest absolute Gasteiger partial charge is 0.255 e. The molecule has 0 aliphatic carbocycles. The molecule has 0 saturated heterocycles. The number of hydrogen-bond acceptors (Lipinski definition) is 8. The molecule has 8 nitrogen and oxygen atoms in total. The van der Waals surface area contributed by atoms with Crippen molar-refractivity contribution in [1.29, 1.82) is 0 Å². The summed E-state index contributed by atoms with van der Waals surface area (Å²) in [7, 11) is 1.93. The van der Waals surface area contributed by atoms with E-state index in [1.54, 1.807) is 18.7 Å². The van der Waals surface area contributed by atoms with Gasteiger partial charge in [0.1, 0.15) is 6.61 Å². The van der Waals surface area contributed by atoms with E-state index in [0.29, 0.717) is 49.3 Å². The van der Waals surface area contributed by atoms with Gasteiger partial charge in [0.05, 0.1) is 18.6 Å². The largest absolute Gasteiger partial charge is 0.486 e. The molecule has 3 heterocycles. The van der Waals surface area contributed by atoms with E-state index in [9.17, 15) is 4.79 Å². The summed E-state index contributed by atoms with van der Waals surface area (Å²) in [6, 6.07) is 15.8. The number of aryl methyl sites for hydroxylation is 1. The van der Waals surface area contributed by atoms with Crippen LogP contribution in [0.1, 0.15) is 17.3 Å². The van der Waals surface area contributed by atoms with Crippen LogP contribution in [-0.4, -0.2) is 45.7 Å². The number of nitrogens with zero attached hydrogens (tertiary/aromatic N) is 4. The van der Waals surface area contributed by atoms with E-state index < -0.39 is 0 Å². The van der Waals surface area contributed by atoms with Crippen LogP contribution in [-0.2, 0) is 19.6 Å². The molecule has 4 aromatic rings. The molecule has 0 saturated carbocycles. The Balaban J connectivity index is 1.47. The predicted molar refractivity (Wildman–Crippen MR) is 131 cm³/mol. The Morgan fingerprint density at radius 2 is 1.94 bits per heavy atom. The van der Waals surface area contributed by atoms with Crippen LogP contribution in [0.4, 0.5) is 0 Å². The Morgan fingerprint density at radius 1 is 1.12 bits per heavy atom. The van der Waals surface area contributed by atoms with Crippen LogP contribution in [0.5, 0.6) is 11.5 Å². The second-order valence-electron chi connectivity index (χ2n) is 8.39. The summed E-state index contributed by atoms with van der Waals surface area (Å²) in [5, 5.41) is 8.94. The molecule has 0 bridgehead atoms. The first kappa shape index (κ1) is 22.5. The quantitative estimate of drug-likeness (QED) is 0.370. The minimum absolute atomic E-state index is 0.0400. The number of thioether (sulfide) groups is 1. The number of rotatable bonds is 7. The second-order valence-corrected chi connectivity index (χ2v) is 9.27. The first-order valence-corrected chi connectivity index (χ1v) is 12.3. The fourth-order valence-electron chi connectivity index (χ4n) is 4.17. The third-order valence-electron chi connectivity index (χ3n) is 5.75. The zero-order chi connectivity index (χ0) is 23.7. The van der Waals surface area contributed by atoms with E-state index >= 15 is 0 Å². The van der Waals surface area contributed by atoms with E-state index in [4.69, 9.17) is 13.9 Å². The van der Waals surface area contributed by atoms with Gasteiger partial charge in [0.15, 0.2) is 17.6 Å². The average Bonchev–Trinajstić information content (AvgIpc) is 3.25. The molecule has 5 rings (SSSR count). The lowest BCUT2D eigenvalue weighted by atomic mass is 10.1. The van der Waals surface area contributed by atoms with Gasteiger partial charge >= 0.3 is 0 Å². The van der Waals surface area contributed by atoms with Crippen molar-refractivity contribution in [2.45, 2.75) is 37.6 Å². The Kier molecular flexibility index (Phi) is 6.30. The van der Waals surface area contributed by atoms with Crippen molar-refractivity contribution in [3.05, 3.63) is 76.2 Å². The standard InChI is InChI=1S/C25H26N4O4S/c1-16-26-27-24(32-16)14-28(2)12-18-10-17-8-9-20(34-3)11-21(17)29(25(18)30)13-19-15-31-22-6-4-5-7-23(22)33-19/h4-11,19H,12-15H2,1-3H3/t19-/m0/s1. The number of benzene rings is 2. The summed E-state index contributed by atoms with van der Waals surface area (Å²) in [5.41, 5.74) is 1.54. The normalized spacial score (nSPS) is 15.2. The zero-order valence-electron chi connectivity index (χ0n) is 19.4. The van der Waals surface area contributed by atoms with Gasteiger partial charge < -0.3 is 18.5 Å². The lowest BCUT2D eigenvalue weighted by Crippen LogP contribution is -2.38. The van der Waals surface area contributed by atoms with Crippen molar-refractivity contribution in [3.63, 3.8) is 0 Å². The van der Waals surface area contributed by atoms with E-state index in [1.165, 1.54) is 0 Å². The predicted octanol–water partition coefficient (Wildman–Crippen LogP) is 3.89. The number of hydrogen-bond donors (Lipinski definition) is 0. The van der Waals surface area contributed by atoms with Gasteiger partial charge in [0, 0.05) is 23.9 Å². The molecule has 9 heteroatoms. The van der Waals surface area contributed by atoms with Gasteiger partial charge in [0.25, 0.3) is 5.56 Å². The van der Waals surface area contributed by atoms with Crippen molar-refractivity contribution in [2.24, 2.45) is 0 Å². The Morgan fingerprint density at radius 3 is 2.71 bits per heavy atom. The molecule has 0 N–H and O–H groups in total. The van der Waals surface area contributed by atoms with Crippen molar-refractivity contribution < 1.29 is 13.9 Å². The van der Waals surface area contributed by atoms with Crippen LogP contribution < -0.4 is 15.0 Å². The first-order valence-electron chi connectivity index (χ1n) is 11.1. The van der Waals surface area contributed by atoms with Gasteiger partial charge in [-0.25, -0.2) is 0 Å². The highest BCUT2D eigenvalue weighted by molar-refractivity contribution is 7.98. The molecule has 1 aliphatic heterocycles. The van der Waals surface area contributed by atoms with Crippen molar-refractivity contribution >= 4 is 22.7 Å². The van der Waals surface area contributed by atoms with Gasteiger partial charge in [-0.3, -0.25) is 9.69 Å². The molecule has 0 unspecified atom stereocenters. The molecule has 34 heavy (non-hydrogen) atoms.